The van der Waals surface area contributed by atoms with Crippen LogP contribution in [0, 0.1) is 17.8 Å². The number of rotatable bonds is 12. The molecule has 0 aromatic heterocycles. The lowest BCUT2D eigenvalue weighted by Gasteiger charge is -2.37. The zero-order chi connectivity index (χ0) is 22.0. The van der Waals surface area contributed by atoms with Gasteiger partial charge in [-0.1, -0.05) is 20.8 Å². The lowest BCUT2D eigenvalue weighted by atomic mass is 10.2. The molecule has 11 heteroatoms. The molecule has 0 aromatic rings. The second kappa shape index (κ2) is 13.2. The van der Waals surface area contributed by atoms with E-state index in [9.17, 15) is 0 Å². The third-order valence-electron chi connectivity index (χ3n) is 4.88. The third-order valence-corrected chi connectivity index (χ3v) is 10.7. The van der Waals surface area contributed by atoms with E-state index in [0.29, 0.717) is 69.2 Å². The van der Waals surface area contributed by atoms with Gasteiger partial charge in [0.2, 0.25) is 0 Å². The smallest absolute Gasteiger partial charge is 0.487 e. The van der Waals surface area contributed by atoms with Crippen molar-refractivity contribution in [2.24, 2.45) is 17.8 Å². The summed E-state index contributed by atoms with van der Waals surface area (Å²) in [5, 5.41) is 0.517. The number of thiol groups is 1. The average Bonchev–Trinajstić information content (AvgIpc) is 2.73. The van der Waals surface area contributed by atoms with Crippen molar-refractivity contribution < 1.29 is 31.3 Å². The van der Waals surface area contributed by atoms with Crippen LogP contribution in [0.2, 0.25) is 12.1 Å². The molecule has 2 fully saturated rings. The first kappa shape index (κ1) is 26.7. The van der Waals surface area contributed by atoms with Crippen molar-refractivity contribution in [1.82, 2.24) is 0 Å². The summed E-state index contributed by atoms with van der Waals surface area (Å²) >= 11 is 9.32. The van der Waals surface area contributed by atoms with E-state index in [1.54, 1.807) is 6.92 Å². The van der Waals surface area contributed by atoms with E-state index in [4.69, 9.17) is 43.5 Å². The van der Waals surface area contributed by atoms with Crippen molar-refractivity contribution in [2.45, 2.75) is 46.2 Å². The highest BCUT2D eigenvalue weighted by atomic mass is 32.1. The van der Waals surface area contributed by atoms with Crippen molar-refractivity contribution in [3.05, 3.63) is 0 Å². The molecule has 0 saturated carbocycles. The minimum Gasteiger partial charge on any atom is -0.487 e. The van der Waals surface area contributed by atoms with Crippen LogP contribution in [0.1, 0.15) is 34.1 Å². The maximum Gasteiger partial charge on any atom is 0.504 e. The molecule has 0 aromatic carbocycles. The maximum absolute atomic E-state index is 6.26. The van der Waals surface area contributed by atoms with E-state index in [1.807, 2.05) is 0 Å². The predicted octanol–water partition coefficient (Wildman–Crippen LogP) is 3.58. The molecule has 1 atom stereocenters. The Bertz CT molecular complexity index is 508. The quantitative estimate of drug-likeness (QED) is 0.249. The van der Waals surface area contributed by atoms with Gasteiger partial charge in [-0.15, -0.1) is 0 Å². The van der Waals surface area contributed by atoms with Crippen molar-refractivity contribution in [1.29, 1.82) is 0 Å². The normalized spacial score (nSPS) is 33.2. The first-order valence-corrected chi connectivity index (χ1v) is 15.8. The second-order valence-corrected chi connectivity index (χ2v) is 15.0. The van der Waals surface area contributed by atoms with Gasteiger partial charge in [0.05, 0.1) is 12.7 Å². The largest absolute Gasteiger partial charge is 0.504 e. The van der Waals surface area contributed by atoms with Gasteiger partial charge in [-0.25, -0.2) is 0 Å². The van der Waals surface area contributed by atoms with Gasteiger partial charge >= 0.3 is 17.6 Å². The van der Waals surface area contributed by atoms with E-state index >= 15 is 0 Å². The summed E-state index contributed by atoms with van der Waals surface area (Å²) in [5.74, 6) is 1.71. The standard InChI is InChI=1S/C19H38O7S2Si2/c1-16-10-21-29(22-11-16,8-5-7-27)23-12-17(2)13-24-30(9-6-20-19(4)28)25-14-18(3)15-26-30/h16-18,27H,5-15H2,1-4H3. The van der Waals surface area contributed by atoms with Gasteiger partial charge in [-0.05, 0) is 24.4 Å². The molecular formula is C19H38O7S2Si2. The lowest BCUT2D eigenvalue weighted by Crippen LogP contribution is -2.53. The van der Waals surface area contributed by atoms with Crippen LogP contribution in [-0.4, -0.2) is 74.7 Å². The molecule has 2 saturated heterocycles. The molecule has 7 nitrogen and oxygen atoms in total. The Hall–Kier alpha value is 0.434. The van der Waals surface area contributed by atoms with Gasteiger partial charge < -0.3 is 31.3 Å². The summed E-state index contributed by atoms with van der Waals surface area (Å²) in [6.07, 6.45) is 0.920. The average molecular weight is 499 g/mol. The van der Waals surface area contributed by atoms with Crippen LogP contribution in [0.15, 0.2) is 0 Å². The molecule has 0 aliphatic carbocycles. The molecule has 1 unspecified atom stereocenters. The number of hydrogen-bond acceptors (Lipinski definition) is 9. The lowest BCUT2D eigenvalue weighted by molar-refractivity contribution is -0.0275. The Morgan fingerprint density at radius 3 is 1.87 bits per heavy atom. The van der Waals surface area contributed by atoms with Crippen LogP contribution < -0.4 is 0 Å². The third kappa shape index (κ3) is 9.12. The Balaban J connectivity index is 1.84. The molecule has 0 radical (unpaired) electrons. The van der Waals surface area contributed by atoms with Crippen LogP contribution in [-0.2, 0) is 31.3 Å². The molecule has 2 aliphatic rings. The zero-order valence-corrected chi connectivity index (χ0v) is 22.4. The molecule has 2 heterocycles. The summed E-state index contributed by atoms with van der Waals surface area (Å²) < 4.78 is 42.3. The van der Waals surface area contributed by atoms with Crippen LogP contribution in [0.25, 0.3) is 0 Å². The highest BCUT2D eigenvalue weighted by Crippen LogP contribution is 2.27. The number of hydrogen-bond donors (Lipinski definition) is 1. The van der Waals surface area contributed by atoms with Gasteiger partial charge in [-0.2, -0.15) is 12.6 Å². The predicted molar refractivity (Wildman–Crippen MR) is 127 cm³/mol. The molecule has 0 spiro atoms. The minimum absolute atomic E-state index is 0.154. The van der Waals surface area contributed by atoms with Gasteiger partial charge in [0.1, 0.15) is 0 Å². The van der Waals surface area contributed by atoms with Crippen LogP contribution in [0.5, 0.6) is 0 Å². The topological polar surface area (TPSA) is 64.6 Å². The highest BCUT2D eigenvalue weighted by Gasteiger charge is 2.46. The fourth-order valence-corrected chi connectivity index (χ4v) is 9.16. The van der Waals surface area contributed by atoms with E-state index in [-0.39, 0.29) is 5.92 Å². The number of thiocarbonyl (C=S) groups is 1. The molecule has 0 bridgehead atoms. The molecule has 30 heavy (non-hydrogen) atoms. The molecule has 0 amide bonds. The summed E-state index contributed by atoms with van der Waals surface area (Å²) in [5.41, 5.74) is 0. The summed E-state index contributed by atoms with van der Waals surface area (Å²) in [6.45, 7) is 12.2. The van der Waals surface area contributed by atoms with Crippen LogP contribution in [0.4, 0.5) is 0 Å². The highest BCUT2D eigenvalue weighted by molar-refractivity contribution is 7.80. The van der Waals surface area contributed by atoms with Gasteiger partial charge in [-0.3, -0.25) is 0 Å². The SMILES string of the molecule is CC(=S)OCC[Si]1(OCC(C)CO[Si]2(CCCS)OCC(C)CO2)OCC(C)CO1. The molecular weight excluding hydrogens is 461 g/mol. The first-order chi connectivity index (χ1) is 14.3. The van der Waals surface area contributed by atoms with Crippen molar-refractivity contribution in [3.63, 3.8) is 0 Å². The van der Waals surface area contributed by atoms with Crippen LogP contribution in [0.3, 0.4) is 0 Å². The fraction of sp³-hybridized carbons (Fsp3) is 0.947. The summed E-state index contributed by atoms with van der Waals surface area (Å²) in [4.78, 5) is 0. The maximum atomic E-state index is 6.26. The molecule has 2 aliphatic heterocycles. The Morgan fingerprint density at radius 2 is 1.43 bits per heavy atom. The van der Waals surface area contributed by atoms with Crippen LogP contribution >= 0.6 is 24.8 Å². The summed E-state index contributed by atoms with van der Waals surface area (Å²) in [6, 6.07) is 1.39. The van der Waals surface area contributed by atoms with Gasteiger partial charge in [0.25, 0.3) is 0 Å². The Morgan fingerprint density at radius 1 is 0.967 bits per heavy atom. The van der Waals surface area contributed by atoms with E-state index < -0.39 is 17.6 Å². The van der Waals surface area contributed by atoms with E-state index in [0.717, 1.165) is 18.2 Å². The monoisotopic (exact) mass is 498 g/mol. The summed E-state index contributed by atoms with van der Waals surface area (Å²) in [7, 11) is -5.40. The van der Waals surface area contributed by atoms with Crippen molar-refractivity contribution in [2.75, 3.05) is 52.0 Å². The van der Waals surface area contributed by atoms with Gasteiger partial charge in [0.15, 0.2) is 5.05 Å². The zero-order valence-electron chi connectivity index (χ0n) is 18.7. The molecule has 0 N–H and O–H groups in total. The van der Waals surface area contributed by atoms with E-state index in [1.165, 1.54) is 0 Å². The van der Waals surface area contributed by atoms with Crippen molar-refractivity contribution >= 4 is 47.5 Å². The number of ether oxygens (including phenoxy) is 1. The second-order valence-electron chi connectivity index (χ2n) is 8.46. The Labute approximate surface area is 194 Å². The van der Waals surface area contributed by atoms with E-state index in [2.05, 4.69) is 33.4 Å². The molecule has 2 rings (SSSR count). The Kier molecular flexibility index (Phi) is 11.8. The van der Waals surface area contributed by atoms with Crippen molar-refractivity contribution in [3.8, 4) is 0 Å². The van der Waals surface area contributed by atoms with Gasteiger partial charge in [0, 0.05) is 70.4 Å². The molecule has 176 valence electrons. The minimum atomic E-state index is -2.77. The first-order valence-electron chi connectivity index (χ1n) is 10.9. The fourth-order valence-electron chi connectivity index (χ4n) is 3.06.